The molecule has 0 spiro atoms. The molecular weight excluding hydrogens is 246 g/mol. The topological polar surface area (TPSA) is 21.3 Å². The van der Waals surface area contributed by atoms with Crippen LogP contribution in [0.1, 0.15) is 44.2 Å². The quantitative estimate of drug-likeness (QED) is 0.883. The fourth-order valence-electron chi connectivity index (χ4n) is 3.28. The van der Waals surface area contributed by atoms with E-state index in [2.05, 4.69) is 12.2 Å². The van der Waals surface area contributed by atoms with Crippen LogP contribution in [0.4, 0.5) is 0 Å². The summed E-state index contributed by atoms with van der Waals surface area (Å²) in [5, 5.41) is 4.24. The first-order chi connectivity index (χ1) is 8.60. The number of benzene rings is 1. The standard InChI is InChI=1S/C15H22ClNO/c1-15(8-4-5-9-15)14(17-2)12-10-11(16)6-7-13(12)18-3/h6-7,10,14,17H,4-5,8-9H2,1-3H3. The van der Waals surface area contributed by atoms with Gasteiger partial charge in [0.25, 0.3) is 0 Å². The van der Waals surface area contributed by atoms with Gasteiger partial charge in [-0.05, 0) is 43.5 Å². The van der Waals surface area contributed by atoms with E-state index >= 15 is 0 Å². The van der Waals surface area contributed by atoms with Crippen LogP contribution in [-0.2, 0) is 0 Å². The van der Waals surface area contributed by atoms with E-state index in [-0.39, 0.29) is 0 Å². The lowest BCUT2D eigenvalue weighted by Crippen LogP contribution is -2.32. The first-order valence-electron chi connectivity index (χ1n) is 6.61. The maximum Gasteiger partial charge on any atom is 0.123 e. The molecule has 1 atom stereocenters. The van der Waals surface area contributed by atoms with Crippen molar-refractivity contribution in [3.05, 3.63) is 28.8 Å². The molecule has 1 saturated carbocycles. The van der Waals surface area contributed by atoms with Gasteiger partial charge in [-0.2, -0.15) is 0 Å². The van der Waals surface area contributed by atoms with Crippen LogP contribution in [-0.4, -0.2) is 14.2 Å². The second kappa shape index (κ2) is 5.50. The molecule has 3 heteroatoms. The molecule has 1 aliphatic rings. The van der Waals surface area contributed by atoms with Crippen LogP contribution in [0.25, 0.3) is 0 Å². The molecule has 18 heavy (non-hydrogen) atoms. The third-order valence-electron chi connectivity index (χ3n) is 4.23. The van der Waals surface area contributed by atoms with Crippen molar-refractivity contribution in [1.82, 2.24) is 5.32 Å². The number of hydrogen-bond donors (Lipinski definition) is 1. The normalized spacial score (nSPS) is 19.8. The van der Waals surface area contributed by atoms with Gasteiger partial charge in [-0.1, -0.05) is 31.4 Å². The van der Waals surface area contributed by atoms with E-state index < -0.39 is 0 Å². The molecule has 2 rings (SSSR count). The van der Waals surface area contributed by atoms with Crippen molar-refractivity contribution in [2.45, 2.75) is 38.6 Å². The molecule has 0 amide bonds. The molecule has 1 unspecified atom stereocenters. The average Bonchev–Trinajstić information content (AvgIpc) is 2.78. The van der Waals surface area contributed by atoms with Gasteiger partial charge in [0.15, 0.2) is 0 Å². The van der Waals surface area contributed by atoms with Crippen molar-refractivity contribution in [1.29, 1.82) is 0 Å². The largest absolute Gasteiger partial charge is 0.496 e. The molecule has 1 N–H and O–H groups in total. The van der Waals surface area contributed by atoms with E-state index in [4.69, 9.17) is 16.3 Å². The minimum Gasteiger partial charge on any atom is -0.496 e. The van der Waals surface area contributed by atoms with Crippen molar-refractivity contribution < 1.29 is 4.74 Å². The molecule has 0 aliphatic heterocycles. The van der Waals surface area contributed by atoms with Gasteiger partial charge >= 0.3 is 0 Å². The summed E-state index contributed by atoms with van der Waals surface area (Å²) in [6, 6.07) is 6.17. The molecule has 2 nitrogen and oxygen atoms in total. The van der Waals surface area contributed by atoms with E-state index in [1.165, 1.54) is 31.2 Å². The number of halogens is 1. The third kappa shape index (κ3) is 2.50. The van der Waals surface area contributed by atoms with Crippen molar-refractivity contribution in [3.8, 4) is 5.75 Å². The van der Waals surface area contributed by atoms with E-state index in [0.717, 1.165) is 10.8 Å². The van der Waals surface area contributed by atoms with Gasteiger partial charge in [0.05, 0.1) is 7.11 Å². The van der Waals surface area contributed by atoms with Gasteiger partial charge in [0.1, 0.15) is 5.75 Å². The second-order valence-electron chi connectivity index (χ2n) is 5.47. The van der Waals surface area contributed by atoms with E-state index in [9.17, 15) is 0 Å². The first kappa shape index (κ1) is 13.7. The summed E-state index contributed by atoms with van der Waals surface area (Å²) in [4.78, 5) is 0. The Balaban J connectivity index is 2.40. The zero-order chi connectivity index (χ0) is 13.2. The number of methoxy groups -OCH3 is 1. The molecule has 1 aromatic rings. The van der Waals surface area contributed by atoms with Crippen LogP contribution in [0.3, 0.4) is 0 Å². The summed E-state index contributed by atoms with van der Waals surface area (Å²) in [7, 11) is 3.74. The summed E-state index contributed by atoms with van der Waals surface area (Å²) in [6.45, 7) is 2.36. The predicted molar refractivity (Wildman–Crippen MR) is 76.4 cm³/mol. The molecule has 1 aromatic carbocycles. The number of nitrogens with one attached hydrogen (secondary N) is 1. The fraction of sp³-hybridized carbons (Fsp3) is 0.600. The molecular formula is C15H22ClNO. The maximum absolute atomic E-state index is 6.14. The fourth-order valence-corrected chi connectivity index (χ4v) is 3.46. The highest BCUT2D eigenvalue weighted by atomic mass is 35.5. The summed E-state index contributed by atoms with van der Waals surface area (Å²) < 4.78 is 5.49. The summed E-state index contributed by atoms with van der Waals surface area (Å²) >= 11 is 6.14. The zero-order valence-electron chi connectivity index (χ0n) is 11.4. The molecule has 0 aromatic heterocycles. The van der Waals surface area contributed by atoms with Crippen molar-refractivity contribution in [2.75, 3.05) is 14.2 Å². The summed E-state index contributed by atoms with van der Waals surface area (Å²) in [5.41, 5.74) is 1.48. The van der Waals surface area contributed by atoms with Crippen molar-refractivity contribution >= 4 is 11.6 Å². The Morgan fingerprint density at radius 3 is 2.56 bits per heavy atom. The Morgan fingerprint density at radius 1 is 1.33 bits per heavy atom. The molecule has 1 aliphatic carbocycles. The number of hydrogen-bond acceptors (Lipinski definition) is 2. The highest BCUT2D eigenvalue weighted by Gasteiger charge is 2.38. The number of rotatable bonds is 4. The average molecular weight is 268 g/mol. The van der Waals surface area contributed by atoms with Crippen LogP contribution >= 0.6 is 11.6 Å². The molecule has 0 bridgehead atoms. The Morgan fingerprint density at radius 2 is 2.00 bits per heavy atom. The minimum atomic E-state index is 0.298. The maximum atomic E-state index is 6.14. The van der Waals surface area contributed by atoms with Gasteiger partial charge in [-0.15, -0.1) is 0 Å². The number of ether oxygens (including phenoxy) is 1. The third-order valence-corrected chi connectivity index (χ3v) is 4.47. The van der Waals surface area contributed by atoms with E-state index in [1.807, 2.05) is 25.2 Å². The van der Waals surface area contributed by atoms with Gasteiger partial charge < -0.3 is 10.1 Å². The molecule has 0 saturated heterocycles. The monoisotopic (exact) mass is 267 g/mol. The summed E-state index contributed by atoms with van der Waals surface area (Å²) in [6.07, 6.45) is 5.15. The Bertz CT molecular complexity index is 413. The lowest BCUT2D eigenvalue weighted by atomic mass is 9.77. The SMILES string of the molecule is CNC(c1cc(Cl)ccc1OC)C1(C)CCCC1. The second-order valence-corrected chi connectivity index (χ2v) is 5.91. The highest BCUT2D eigenvalue weighted by molar-refractivity contribution is 6.30. The van der Waals surface area contributed by atoms with Crippen LogP contribution in [0, 0.1) is 5.41 Å². The Labute approximate surface area is 115 Å². The van der Waals surface area contributed by atoms with Gasteiger partial charge in [-0.3, -0.25) is 0 Å². The highest BCUT2D eigenvalue weighted by Crippen LogP contribution is 2.49. The van der Waals surface area contributed by atoms with Gasteiger partial charge in [0.2, 0.25) is 0 Å². The van der Waals surface area contributed by atoms with Crippen molar-refractivity contribution in [3.63, 3.8) is 0 Å². The van der Waals surface area contributed by atoms with E-state index in [1.54, 1.807) is 7.11 Å². The minimum absolute atomic E-state index is 0.298. The van der Waals surface area contributed by atoms with Gasteiger partial charge in [0, 0.05) is 16.6 Å². The first-order valence-corrected chi connectivity index (χ1v) is 6.99. The van der Waals surface area contributed by atoms with Crippen molar-refractivity contribution in [2.24, 2.45) is 5.41 Å². The van der Waals surface area contributed by atoms with Crippen LogP contribution < -0.4 is 10.1 Å². The summed E-state index contributed by atoms with van der Waals surface area (Å²) in [5.74, 6) is 0.923. The molecule has 100 valence electrons. The lowest BCUT2D eigenvalue weighted by molar-refractivity contribution is 0.228. The van der Waals surface area contributed by atoms with E-state index in [0.29, 0.717) is 11.5 Å². The molecule has 0 heterocycles. The smallest absolute Gasteiger partial charge is 0.123 e. The zero-order valence-corrected chi connectivity index (χ0v) is 12.2. The van der Waals surface area contributed by atoms with Crippen LogP contribution in [0.2, 0.25) is 5.02 Å². The Hall–Kier alpha value is -0.730. The van der Waals surface area contributed by atoms with Gasteiger partial charge in [-0.25, -0.2) is 0 Å². The van der Waals surface area contributed by atoms with Crippen LogP contribution in [0.5, 0.6) is 5.75 Å². The van der Waals surface area contributed by atoms with Crippen LogP contribution in [0.15, 0.2) is 18.2 Å². The molecule has 1 fully saturated rings. The predicted octanol–water partition coefficient (Wildman–Crippen LogP) is 4.19. The Kier molecular flexibility index (Phi) is 4.18. The molecule has 0 radical (unpaired) electrons. The lowest BCUT2D eigenvalue weighted by Gasteiger charge is -2.35.